The molecule has 21 heavy (non-hydrogen) atoms. The zero-order valence-corrected chi connectivity index (χ0v) is 12.8. The van der Waals surface area contributed by atoms with Crippen LogP contribution in [0.5, 0.6) is 0 Å². The Kier molecular flexibility index (Phi) is 5.35. The molecule has 0 saturated carbocycles. The van der Waals surface area contributed by atoms with E-state index in [1.807, 2.05) is 12.3 Å². The van der Waals surface area contributed by atoms with E-state index in [1.54, 1.807) is 10.9 Å². The number of aliphatic hydroxyl groups is 1. The van der Waals surface area contributed by atoms with Crippen molar-refractivity contribution in [2.75, 3.05) is 6.54 Å². The van der Waals surface area contributed by atoms with Gasteiger partial charge in [0.15, 0.2) is 0 Å². The van der Waals surface area contributed by atoms with Crippen LogP contribution in [0.2, 0.25) is 5.02 Å². The lowest BCUT2D eigenvalue weighted by Crippen LogP contribution is -2.25. The minimum absolute atomic E-state index is 0.0926. The molecule has 0 saturated heterocycles. The van der Waals surface area contributed by atoms with E-state index in [9.17, 15) is 8.42 Å². The highest BCUT2D eigenvalue weighted by molar-refractivity contribution is 7.89. The minimum atomic E-state index is -3.60. The second-order valence-electron chi connectivity index (χ2n) is 4.43. The monoisotopic (exact) mass is 329 g/mol. The second-order valence-corrected chi connectivity index (χ2v) is 6.61. The van der Waals surface area contributed by atoms with E-state index in [0.29, 0.717) is 30.1 Å². The number of hydrogen-bond donors (Lipinski definition) is 2. The van der Waals surface area contributed by atoms with Crippen LogP contribution in [-0.2, 0) is 23.2 Å². The van der Waals surface area contributed by atoms with Crippen molar-refractivity contribution in [2.45, 2.75) is 24.5 Å². The normalized spacial score (nSPS) is 11.7. The summed E-state index contributed by atoms with van der Waals surface area (Å²) in [6, 6.07) is 6.06. The zero-order chi connectivity index (χ0) is 15.3. The summed E-state index contributed by atoms with van der Waals surface area (Å²) in [4.78, 5) is 0.0926. The minimum Gasteiger partial charge on any atom is -0.392 e. The molecule has 0 unspecified atom stereocenters. The molecule has 2 aromatic rings. The molecule has 0 aliphatic heterocycles. The predicted octanol–water partition coefficient (Wildman–Crippen LogP) is 1.40. The lowest BCUT2D eigenvalue weighted by Gasteiger charge is -2.09. The van der Waals surface area contributed by atoms with Crippen LogP contribution >= 0.6 is 11.6 Å². The molecule has 6 nitrogen and oxygen atoms in total. The van der Waals surface area contributed by atoms with Crippen LogP contribution in [0.1, 0.15) is 12.0 Å². The van der Waals surface area contributed by atoms with E-state index >= 15 is 0 Å². The maximum atomic E-state index is 12.1. The number of aliphatic hydroxyl groups excluding tert-OH is 1. The molecular formula is C13H16ClN3O3S. The average molecular weight is 330 g/mol. The molecule has 0 amide bonds. The fourth-order valence-corrected chi connectivity index (χ4v) is 3.10. The van der Waals surface area contributed by atoms with Gasteiger partial charge in [0.2, 0.25) is 10.0 Å². The van der Waals surface area contributed by atoms with E-state index in [4.69, 9.17) is 16.7 Å². The van der Waals surface area contributed by atoms with Crippen LogP contribution in [0.3, 0.4) is 0 Å². The summed E-state index contributed by atoms with van der Waals surface area (Å²) in [6.45, 7) is 0.638. The first-order valence-corrected chi connectivity index (χ1v) is 8.25. The summed E-state index contributed by atoms with van der Waals surface area (Å²) in [5.41, 5.74) is 0.385. The number of aryl methyl sites for hydroxylation is 1. The molecule has 2 rings (SSSR count). The van der Waals surface area contributed by atoms with Gasteiger partial charge in [-0.05, 0) is 36.2 Å². The molecule has 1 heterocycles. The number of rotatable bonds is 7. The van der Waals surface area contributed by atoms with Crippen LogP contribution in [-0.4, -0.2) is 29.8 Å². The topological polar surface area (TPSA) is 84.2 Å². The van der Waals surface area contributed by atoms with Gasteiger partial charge in [-0.15, -0.1) is 0 Å². The van der Waals surface area contributed by atoms with Gasteiger partial charge >= 0.3 is 0 Å². The van der Waals surface area contributed by atoms with E-state index < -0.39 is 10.0 Å². The Morgan fingerprint density at radius 3 is 2.86 bits per heavy atom. The molecule has 0 aliphatic carbocycles. The molecular weight excluding hydrogens is 314 g/mol. The zero-order valence-electron chi connectivity index (χ0n) is 11.2. The van der Waals surface area contributed by atoms with E-state index in [1.165, 1.54) is 18.2 Å². The number of halogens is 1. The van der Waals surface area contributed by atoms with Gasteiger partial charge in [0.25, 0.3) is 0 Å². The highest BCUT2D eigenvalue weighted by atomic mass is 35.5. The molecule has 114 valence electrons. The standard InChI is InChI=1S/C13H16ClN3O3S/c14-13-4-3-12(9-11(13)10-18)21(19,20)16-6-2-8-17-7-1-5-15-17/h1,3-5,7,9,16,18H,2,6,8,10H2. The maximum absolute atomic E-state index is 12.1. The molecule has 0 fully saturated rings. The van der Waals surface area contributed by atoms with E-state index in [-0.39, 0.29) is 11.5 Å². The molecule has 1 aromatic heterocycles. The lowest BCUT2D eigenvalue weighted by atomic mass is 10.2. The van der Waals surface area contributed by atoms with E-state index in [2.05, 4.69) is 9.82 Å². The van der Waals surface area contributed by atoms with Crippen LogP contribution < -0.4 is 4.72 Å². The average Bonchev–Trinajstić information content (AvgIpc) is 2.97. The van der Waals surface area contributed by atoms with Gasteiger partial charge in [-0.25, -0.2) is 13.1 Å². The molecule has 0 spiro atoms. The fourth-order valence-electron chi connectivity index (χ4n) is 1.80. The van der Waals surface area contributed by atoms with Crippen LogP contribution in [0, 0.1) is 0 Å². The third kappa shape index (κ3) is 4.28. The van der Waals surface area contributed by atoms with Gasteiger partial charge in [-0.3, -0.25) is 4.68 Å². The Morgan fingerprint density at radius 2 is 2.19 bits per heavy atom. The second kappa shape index (κ2) is 7.04. The summed E-state index contributed by atoms with van der Waals surface area (Å²) in [6.07, 6.45) is 4.12. The quantitative estimate of drug-likeness (QED) is 0.752. The van der Waals surface area contributed by atoms with Crippen molar-refractivity contribution < 1.29 is 13.5 Å². The fraction of sp³-hybridized carbons (Fsp3) is 0.308. The van der Waals surface area contributed by atoms with Crippen molar-refractivity contribution >= 4 is 21.6 Å². The number of hydrogen-bond acceptors (Lipinski definition) is 4. The highest BCUT2D eigenvalue weighted by Crippen LogP contribution is 2.20. The first-order chi connectivity index (χ1) is 10.0. The van der Waals surface area contributed by atoms with Crippen molar-refractivity contribution in [2.24, 2.45) is 0 Å². The summed E-state index contributed by atoms with van der Waals surface area (Å²) in [7, 11) is -3.60. The van der Waals surface area contributed by atoms with Crippen molar-refractivity contribution in [3.8, 4) is 0 Å². The van der Waals surface area contributed by atoms with E-state index in [0.717, 1.165) is 0 Å². The molecule has 0 atom stereocenters. The maximum Gasteiger partial charge on any atom is 0.240 e. The SMILES string of the molecule is O=S(=O)(NCCCn1cccn1)c1ccc(Cl)c(CO)c1. The first kappa shape index (κ1) is 16.0. The third-order valence-corrected chi connectivity index (χ3v) is 4.74. The summed E-state index contributed by atoms with van der Waals surface area (Å²) < 4.78 is 28.5. The van der Waals surface area contributed by atoms with Crippen molar-refractivity contribution in [1.82, 2.24) is 14.5 Å². The number of sulfonamides is 1. The Labute approximate surface area is 128 Å². The smallest absolute Gasteiger partial charge is 0.240 e. The van der Waals surface area contributed by atoms with Gasteiger partial charge in [0.05, 0.1) is 11.5 Å². The number of benzene rings is 1. The molecule has 2 N–H and O–H groups in total. The number of nitrogens with one attached hydrogen (secondary N) is 1. The molecule has 0 radical (unpaired) electrons. The van der Waals surface area contributed by atoms with Crippen molar-refractivity contribution in [1.29, 1.82) is 0 Å². The Hall–Kier alpha value is -1.41. The molecule has 1 aromatic carbocycles. The van der Waals surface area contributed by atoms with Crippen LogP contribution in [0.25, 0.3) is 0 Å². The highest BCUT2D eigenvalue weighted by Gasteiger charge is 2.15. The first-order valence-electron chi connectivity index (χ1n) is 6.39. The predicted molar refractivity (Wildman–Crippen MR) is 79.4 cm³/mol. The van der Waals surface area contributed by atoms with Gasteiger partial charge in [-0.2, -0.15) is 5.10 Å². The van der Waals surface area contributed by atoms with Gasteiger partial charge in [0.1, 0.15) is 0 Å². The largest absolute Gasteiger partial charge is 0.392 e. The number of aromatic nitrogens is 2. The lowest BCUT2D eigenvalue weighted by molar-refractivity contribution is 0.281. The summed E-state index contributed by atoms with van der Waals surface area (Å²) >= 11 is 5.85. The van der Waals surface area contributed by atoms with Crippen molar-refractivity contribution in [3.63, 3.8) is 0 Å². The summed E-state index contributed by atoms with van der Waals surface area (Å²) in [5, 5.41) is 13.5. The molecule has 0 aliphatic rings. The van der Waals surface area contributed by atoms with Gasteiger partial charge in [0, 0.05) is 30.5 Å². The van der Waals surface area contributed by atoms with Gasteiger partial charge in [-0.1, -0.05) is 11.6 Å². The Bertz CT molecular complexity index is 687. The van der Waals surface area contributed by atoms with Crippen molar-refractivity contribution in [3.05, 3.63) is 47.2 Å². The number of nitrogens with zero attached hydrogens (tertiary/aromatic N) is 2. The third-order valence-electron chi connectivity index (χ3n) is 2.91. The molecule has 0 bridgehead atoms. The Morgan fingerprint density at radius 1 is 1.38 bits per heavy atom. The van der Waals surface area contributed by atoms with Crippen LogP contribution in [0.15, 0.2) is 41.6 Å². The van der Waals surface area contributed by atoms with Crippen LogP contribution in [0.4, 0.5) is 0 Å². The Balaban J connectivity index is 1.95. The van der Waals surface area contributed by atoms with Gasteiger partial charge < -0.3 is 5.11 Å². The molecule has 8 heteroatoms. The summed E-state index contributed by atoms with van der Waals surface area (Å²) in [5.74, 6) is 0.